The average molecular weight is 388 g/mol. The first kappa shape index (κ1) is 19.4. The summed E-state index contributed by atoms with van der Waals surface area (Å²) in [6.07, 6.45) is 0.698. The fraction of sp³-hybridized carbons (Fsp3) is 0.381. The van der Waals surface area contributed by atoms with Crippen molar-refractivity contribution in [3.05, 3.63) is 65.7 Å². The second-order valence-corrected chi connectivity index (χ2v) is 8.99. The molecule has 0 radical (unpaired) electrons. The van der Waals surface area contributed by atoms with E-state index in [9.17, 15) is 13.2 Å². The Balaban J connectivity index is 1.67. The van der Waals surface area contributed by atoms with E-state index in [2.05, 4.69) is 0 Å². The number of nitrogens with zero attached hydrogens (tertiary/aromatic N) is 1. The molecule has 2 aromatic carbocycles. The van der Waals surface area contributed by atoms with Gasteiger partial charge < -0.3 is 9.64 Å². The number of sulfone groups is 1. The Labute approximate surface area is 160 Å². The number of carbonyl (C=O) groups is 1. The minimum absolute atomic E-state index is 0.00157. The van der Waals surface area contributed by atoms with Crippen LogP contribution in [0.4, 0.5) is 0 Å². The molecule has 6 heteroatoms. The number of benzene rings is 2. The highest BCUT2D eigenvalue weighted by atomic mass is 32.2. The van der Waals surface area contributed by atoms with Gasteiger partial charge in [-0.05, 0) is 36.6 Å². The molecule has 1 heterocycles. The molecule has 144 valence electrons. The molecule has 2 aromatic rings. The SMILES string of the molecule is CCOc1ccc(CC(=O)N2CCC(c3ccccc3)S(=O)(=O)CC2)cc1. The Hall–Kier alpha value is -2.34. The summed E-state index contributed by atoms with van der Waals surface area (Å²) >= 11 is 0. The van der Waals surface area contributed by atoms with E-state index in [-0.39, 0.29) is 24.6 Å². The lowest BCUT2D eigenvalue weighted by Gasteiger charge is -2.20. The smallest absolute Gasteiger partial charge is 0.227 e. The van der Waals surface area contributed by atoms with Gasteiger partial charge in [0.25, 0.3) is 0 Å². The highest BCUT2D eigenvalue weighted by Gasteiger charge is 2.32. The van der Waals surface area contributed by atoms with Crippen LogP contribution in [0.1, 0.15) is 29.7 Å². The van der Waals surface area contributed by atoms with Gasteiger partial charge in [-0.15, -0.1) is 0 Å². The molecule has 5 nitrogen and oxygen atoms in total. The van der Waals surface area contributed by atoms with Crippen LogP contribution in [-0.4, -0.2) is 44.7 Å². The standard InChI is InChI=1S/C21H25NO4S/c1-2-26-19-10-8-17(9-11-19)16-21(23)22-13-12-20(27(24,25)15-14-22)18-6-4-3-5-7-18/h3-11,20H,2,12-16H2,1H3. The Morgan fingerprint density at radius 1 is 1.07 bits per heavy atom. The van der Waals surface area contributed by atoms with Gasteiger partial charge in [-0.25, -0.2) is 8.42 Å². The van der Waals surface area contributed by atoms with E-state index in [0.717, 1.165) is 16.9 Å². The molecule has 1 aliphatic rings. The molecule has 1 saturated heterocycles. The number of hydrogen-bond acceptors (Lipinski definition) is 4. The van der Waals surface area contributed by atoms with Crippen molar-refractivity contribution in [3.8, 4) is 5.75 Å². The van der Waals surface area contributed by atoms with Gasteiger partial charge >= 0.3 is 0 Å². The van der Waals surface area contributed by atoms with E-state index in [1.165, 1.54) is 0 Å². The van der Waals surface area contributed by atoms with E-state index in [1.807, 2.05) is 61.5 Å². The van der Waals surface area contributed by atoms with E-state index in [1.54, 1.807) is 4.90 Å². The molecule has 3 rings (SSSR count). The summed E-state index contributed by atoms with van der Waals surface area (Å²) in [5.41, 5.74) is 1.70. The highest BCUT2D eigenvalue weighted by molar-refractivity contribution is 7.91. The maximum atomic E-state index is 12.7. The summed E-state index contributed by atoms with van der Waals surface area (Å²) in [4.78, 5) is 14.4. The molecule has 1 atom stereocenters. The molecule has 0 N–H and O–H groups in total. The summed E-state index contributed by atoms with van der Waals surface area (Å²) in [6.45, 7) is 3.23. The van der Waals surface area contributed by atoms with Crippen LogP contribution in [0, 0.1) is 0 Å². The van der Waals surface area contributed by atoms with Crippen molar-refractivity contribution < 1.29 is 17.9 Å². The lowest BCUT2D eigenvalue weighted by molar-refractivity contribution is -0.130. The third-order valence-electron chi connectivity index (χ3n) is 4.85. The monoisotopic (exact) mass is 387 g/mol. The summed E-state index contributed by atoms with van der Waals surface area (Å²) in [5.74, 6) is 0.741. The average Bonchev–Trinajstić information content (AvgIpc) is 2.82. The number of carbonyl (C=O) groups excluding carboxylic acids is 1. The van der Waals surface area contributed by atoms with Gasteiger partial charge in [0.15, 0.2) is 9.84 Å². The molecular weight excluding hydrogens is 362 g/mol. The molecule has 0 spiro atoms. The van der Waals surface area contributed by atoms with Crippen molar-refractivity contribution >= 4 is 15.7 Å². The number of amides is 1. The molecule has 0 aliphatic carbocycles. The molecule has 1 aliphatic heterocycles. The second kappa shape index (κ2) is 8.57. The number of rotatable bonds is 5. The van der Waals surface area contributed by atoms with Gasteiger partial charge in [-0.2, -0.15) is 0 Å². The van der Waals surface area contributed by atoms with Crippen LogP contribution in [0.2, 0.25) is 0 Å². The molecule has 1 unspecified atom stereocenters. The summed E-state index contributed by atoms with van der Waals surface area (Å²) in [6, 6.07) is 16.7. The van der Waals surface area contributed by atoms with Gasteiger partial charge in [0.1, 0.15) is 5.75 Å². The molecule has 0 bridgehead atoms. The minimum Gasteiger partial charge on any atom is -0.494 e. The lowest BCUT2D eigenvalue weighted by atomic mass is 10.1. The normalized spacial score (nSPS) is 19.3. The molecule has 0 aromatic heterocycles. The van der Waals surface area contributed by atoms with Crippen LogP contribution in [0.3, 0.4) is 0 Å². The van der Waals surface area contributed by atoms with E-state index in [0.29, 0.717) is 19.6 Å². The summed E-state index contributed by atoms with van der Waals surface area (Å²) < 4.78 is 30.8. The highest BCUT2D eigenvalue weighted by Crippen LogP contribution is 2.29. The number of ether oxygens (including phenoxy) is 1. The zero-order chi connectivity index (χ0) is 19.3. The first-order valence-corrected chi connectivity index (χ1v) is 11.0. The van der Waals surface area contributed by atoms with Crippen molar-refractivity contribution in [2.24, 2.45) is 0 Å². The Kier molecular flexibility index (Phi) is 6.16. The van der Waals surface area contributed by atoms with Gasteiger partial charge in [0.05, 0.1) is 24.0 Å². The fourth-order valence-electron chi connectivity index (χ4n) is 3.39. The molecule has 1 amide bonds. The van der Waals surface area contributed by atoms with Gasteiger partial charge in [0, 0.05) is 13.1 Å². The second-order valence-electron chi connectivity index (χ2n) is 6.69. The largest absolute Gasteiger partial charge is 0.494 e. The van der Waals surface area contributed by atoms with Gasteiger partial charge in [0.2, 0.25) is 5.91 Å². The van der Waals surface area contributed by atoms with E-state index >= 15 is 0 Å². The molecule has 1 fully saturated rings. The third kappa shape index (κ3) is 4.89. The van der Waals surface area contributed by atoms with Gasteiger partial charge in [-0.1, -0.05) is 42.5 Å². The fourth-order valence-corrected chi connectivity index (χ4v) is 5.19. The summed E-state index contributed by atoms with van der Waals surface area (Å²) in [5, 5.41) is -0.540. The zero-order valence-corrected chi connectivity index (χ0v) is 16.3. The predicted octanol–water partition coefficient (Wildman–Crippen LogP) is 3.02. The van der Waals surface area contributed by atoms with Crippen LogP contribution in [0.25, 0.3) is 0 Å². The topological polar surface area (TPSA) is 63.7 Å². The van der Waals surface area contributed by atoms with Crippen LogP contribution in [0.15, 0.2) is 54.6 Å². The van der Waals surface area contributed by atoms with Crippen LogP contribution in [-0.2, 0) is 21.1 Å². The molecule has 27 heavy (non-hydrogen) atoms. The van der Waals surface area contributed by atoms with Crippen LogP contribution < -0.4 is 4.74 Å². The van der Waals surface area contributed by atoms with Crippen LogP contribution >= 0.6 is 0 Å². The van der Waals surface area contributed by atoms with Gasteiger partial charge in [-0.3, -0.25) is 4.79 Å². The van der Waals surface area contributed by atoms with Crippen molar-refractivity contribution in [2.45, 2.75) is 25.0 Å². The van der Waals surface area contributed by atoms with Crippen LogP contribution in [0.5, 0.6) is 5.75 Å². The molecular formula is C21H25NO4S. The maximum Gasteiger partial charge on any atom is 0.227 e. The first-order chi connectivity index (χ1) is 13.0. The van der Waals surface area contributed by atoms with Crippen molar-refractivity contribution in [1.29, 1.82) is 0 Å². The Bertz CT molecular complexity index is 863. The third-order valence-corrected chi connectivity index (χ3v) is 6.98. The quantitative estimate of drug-likeness (QED) is 0.791. The molecule has 0 saturated carbocycles. The Morgan fingerprint density at radius 2 is 1.78 bits per heavy atom. The lowest BCUT2D eigenvalue weighted by Crippen LogP contribution is -2.34. The number of hydrogen-bond donors (Lipinski definition) is 0. The minimum atomic E-state index is -3.27. The van der Waals surface area contributed by atoms with E-state index < -0.39 is 15.1 Å². The summed E-state index contributed by atoms with van der Waals surface area (Å²) in [7, 11) is -3.27. The van der Waals surface area contributed by atoms with Crippen molar-refractivity contribution in [2.75, 3.05) is 25.4 Å². The van der Waals surface area contributed by atoms with E-state index in [4.69, 9.17) is 4.74 Å². The maximum absolute atomic E-state index is 12.7. The van der Waals surface area contributed by atoms with Crippen molar-refractivity contribution in [3.63, 3.8) is 0 Å². The predicted molar refractivity (Wildman–Crippen MR) is 105 cm³/mol. The zero-order valence-electron chi connectivity index (χ0n) is 15.5. The Morgan fingerprint density at radius 3 is 2.44 bits per heavy atom. The first-order valence-electron chi connectivity index (χ1n) is 9.25. The van der Waals surface area contributed by atoms with Crippen molar-refractivity contribution in [1.82, 2.24) is 4.90 Å².